The number of unbranched alkanes of at least 4 members (excludes halogenated alkanes) is 5. The zero-order valence-electron chi connectivity index (χ0n) is 19.3. The van der Waals surface area contributed by atoms with Crippen LogP contribution in [0.3, 0.4) is 0 Å². The normalized spacial score (nSPS) is 20.8. The molecule has 0 heterocycles. The van der Waals surface area contributed by atoms with Crippen molar-refractivity contribution in [3.05, 3.63) is 34.6 Å². The molecule has 0 amide bonds. The van der Waals surface area contributed by atoms with Gasteiger partial charge in [0.05, 0.1) is 5.60 Å². The molecular weight excluding hydrogens is 411 g/mol. The van der Waals surface area contributed by atoms with Crippen LogP contribution in [0.25, 0.3) is 0 Å². The van der Waals surface area contributed by atoms with Crippen LogP contribution in [0.2, 0.25) is 0 Å². The fourth-order valence-corrected chi connectivity index (χ4v) is 5.28. The number of halogens is 5. The van der Waals surface area contributed by atoms with Crippen LogP contribution in [-0.2, 0) is 4.74 Å². The summed E-state index contributed by atoms with van der Waals surface area (Å²) in [5.41, 5.74) is -1.07. The minimum absolute atomic E-state index is 0.110. The summed E-state index contributed by atoms with van der Waals surface area (Å²) >= 11 is 0. The molecule has 2 rings (SSSR count). The third-order valence-electron chi connectivity index (χ3n) is 7.22. The van der Waals surface area contributed by atoms with Gasteiger partial charge >= 0.3 is 0 Å². The molecule has 1 fully saturated rings. The van der Waals surface area contributed by atoms with Gasteiger partial charge in [0.25, 0.3) is 0 Å². The molecule has 0 bridgehead atoms. The van der Waals surface area contributed by atoms with Crippen LogP contribution < -0.4 is 0 Å². The van der Waals surface area contributed by atoms with E-state index in [1.54, 1.807) is 7.11 Å². The molecule has 1 saturated carbocycles. The van der Waals surface area contributed by atoms with Crippen molar-refractivity contribution in [3.63, 3.8) is 0 Å². The third kappa shape index (κ3) is 6.21. The van der Waals surface area contributed by atoms with E-state index >= 15 is 0 Å². The van der Waals surface area contributed by atoms with Gasteiger partial charge in [0, 0.05) is 12.7 Å². The van der Waals surface area contributed by atoms with Gasteiger partial charge in [-0.05, 0) is 50.9 Å². The standard InChI is InChI=1S/C25H37F5O/c1-5-6-7-8-9-10-14-18(25(2,3)31-4)16-12-11-13-17(15-16)19-20(26)22(28)24(30)23(29)21(19)27/h16-18H,5-15H2,1-4H3. The highest BCUT2D eigenvalue weighted by Crippen LogP contribution is 2.46. The van der Waals surface area contributed by atoms with Crippen molar-refractivity contribution in [1.29, 1.82) is 0 Å². The highest BCUT2D eigenvalue weighted by Gasteiger charge is 2.40. The van der Waals surface area contributed by atoms with Crippen molar-refractivity contribution < 1.29 is 26.7 Å². The zero-order valence-corrected chi connectivity index (χ0v) is 19.3. The molecule has 6 heteroatoms. The number of methoxy groups -OCH3 is 1. The molecule has 3 unspecified atom stereocenters. The van der Waals surface area contributed by atoms with Gasteiger partial charge < -0.3 is 4.74 Å². The minimum atomic E-state index is -2.09. The molecular formula is C25H37F5O. The molecule has 178 valence electrons. The molecule has 31 heavy (non-hydrogen) atoms. The average Bonchev–Trinajstić information content (AvgIpc) is 2.76. The van der Waals surface area contributed by atoms with Crippen LogP contribution in [-0.4, -0.2) is 12.7 Å². The molecule has 0 saturated heterocycles. The van der Waals surface area contributed by atoms with Gasteiger partial charge in [-0.15, -0.1) is 0 Å². The van der Waals surface area contributed by atoms with Crippen LogP contribution in [0.1, 0.15) is 103 Å². The van der Waals surface area contributed by atoms with Crippen LogP contribution in [0.5, 0.6) is 0 Å². The Morgan fingerprint density at radius 3 is 1.97 bits per heavy atom. The first-order valence-electron chi connectivity index (χ1n) is 11.7. The third-order valence-corrected chi connectivity index (χ3v) is 7.22. The molecule has 3 atom stereocenters. The maximum absolute atomic E-state index is 14.4. The van der Waals surface area contributed by atoms with Gasteiger partial charge in [-0.1, -0.05) is 58.3 Å². The monoisotopic (exact) mass is 448 g/mol. The molecule has 0 radical (unpaired) electrons. The summed E-state index contributed by atoms with van der Waals surface area (Å²) in [6.45, 7) is 6.23. The summed E-state index contributed by atoms with van der Waals surface area (Å²) in [6.07, 6.45) is 10.3. The fraction of sp³-hybridized carbons (Fsp3) is 0.760. The second-order valence-electron chi connectivity index (χ2n) is 9.58. The Balaban J connectivity index is 2.19. The van der Waals surface area contributed by atoms with E-state index in [0.29, 0.717) is 19.3 Å². The van der Waals surface area contributed by atoms with Crippen LogP contribution in [0.15, 0.2) is 0 Å². The van der Waals surface area contributed by atoms with E-state index in [4.69, 9.17) is 4.74 Å². The molecule has 0 aromatic heterocycles. The predicted molar refractivity (Wildman–Crippen MR) is 114 cm³/mol. The number of hydrogen-bond acceptors (Lipinski definition) is 1. The van der Waals surface area contributed by atoms with E-state index in [1.165, 1.54) is 25.7 Å². The number of benzene rings is 1. The summed E-state index contributed by atoms with van der Waals surface area (Å²) in [4.78, 5) is 0. The summed E-state index contributed by atoms with van der Waals surface area (Å²) < 4.78 is 75.6. The van der Waals surface area contributed by atoms with E-state index in [9.17, 15) is 22.0 Å². The highest BCUT2D eigenvalue weighted by atomic mass is 19.2. The van der Waals surface area contributed by atoms with E-state index in [0.717, 1.165) is 25.7 Å². The smallest absolute Gasteiger partial charge is 0.200 e. The van der Waals surface area contributed by atoms with E-state index in [1.807, 2.05) is 13.8 Å². The highest BCUT2D eigenvalue weighted by molar-refractivity contribution is 5.28. The summed E-state index contributed by atoms with van der Waals surface area (Å²) in [5, 5.41) is 0. The lowest BCUT2D eigenvalue weighted by atomic mass is 9.67. The molecule has 0 spiro atoms. The summed E-state index contributed by atoms with van der Waals surface area (Å²) in [6, 6.07) is 0. The van der Waals surface area contributed by atoms with Gasteiger partial charge in [-0.3, -0.25) is 0 Å². The van der Waals surface area contributed by atoms with Crippen LogP contribution in [0, 0.1) is 40.9 Å². The van der Waals surface area contributed by atoms with Gasteiger partial charge in [0.1, 0.15) is 0 Å². The Morgan fingerprint density at radius 1 is 0.839 bits per heavy atom. The first-order valence-corrected chi connectivity index (χ1v) is 11.7. The van der Waals surface area contributed by atoms with E-state index in [2.05, 4.69) is 6.92 Å². The Kier molecular flexibility index (Phi) is 9.78. The molecule has 1 aromatic carbocycles. The zero-order chi connectivity index (χ0) is 23.2. The molecule has 1 aromatic rings. The molecule has 0 N–H and O–H groups in total. The SMILES string of the molecule is CCCCCCCCC(C1CCCC(c2c(F)c(F)c(F)c(F)c2F)C1)C(C)(C)OC. The first kappa shape index (κ1) is 26.1. The lowest BCUT2D eigenvalue weighted by Gasteiger charge is -2.42. The van der Waals surface area contributed by atoms with Gasteiger partial charge in [-0.2, -0.15) is 0 Å². The van der Waals surface area contributed by atoms with Crippen LogP contribution >= 0.6 is 0 Å². The Hall–Kier alpha value is -1.17. The first-order chi connectivity index (χ1) is 14.7. The van der Waals surface area contributed by atoms with E-state index < -0.39 is 46.2 Å². The predicted octanol–water partition coefficient (Wildman–Crippen LogP) is 8.45. The molecule has 1 nitrogen and oxygen atoms in total. The average molecular weight is 449 g/mol. The topological polar surface area (TPSA) is 9.23 Å². The molecule has 0 aliphatic heterocycles. The quantitative estimate of drug-likeness (QED) is 0.143. The minimum Gasteiger partial charge on any atom is -0.379 e. The van der Waals surface area contributed by atoms with Crippen molar-refractivity contribution in [3.8, 4) is 0 Å². The van der Waals surface area contributed by atoms with E-state index in [-0.39, 0.29) is 11.8 Å². The molecule has 1 aliphatic rings. The van der Waals surface area contributed by atoms with Crippen molar-refractivity contribution in [2.24, 2.45) is 11.8 Å². The maximum Gasteiger partial charge on any atom is 0.200 e. The summed E-state index contributed by atoms with van der Waals surface area (Å²) in [5.74, 6) is -9.56. The van der Waals surface area contributed by atoms with Crippen molar-refractivity contribution in [1.82, 2.24) is 0 Å². The summed E-state index contributed by atoms with van der Waals surface area (Å²) in [7, 11) is 1.67. The van der Waals surface area contributed by atoms with Gasteiger partial charge in [0.15, 0.2) is 23.3 Å². The maximum atomic E-state index is 14.4. The number of ether oxygens (including phenoxy) is 1. The lowest BCUT2D eigenvalue weighted by molar-refractivity contribution is -0.0602. The number of hydrogen-bond donors (Lipinski definition) is 0. The van der Waals surface area contributed by atoms with Crippen LogP contribution in [0.4, 0.5) is 22.0 Å². The lowest BCUT2D eigenvalue weighted by Crippen LogP contribution is -2.40. The fourth-order valence-electron chi connectivity index (χ4n) is 5.28. The second-order valence-corrected chi connectivity index (χ2v) is 9.58. The Bertz CT molecular complexity index is 689. The molecule has 1 aliphatic carbocycles. The Labute approximate surface area is 183 Å². The second kappa shape index (κ2) is 11.6. The number of rotatable bonds is 11. The van der Waals surface area contributed by atoms with Gasteiger partial charge in [-0.25, -0.2) is 22.0 Å². The van der Waals surface area contributed by atoms with Crippen molar-refractivity contribution in [2.45, 2.75) is 103 Å². The Morgan fingerprint density at radius 2 is 1.39 bits per heavy atom. The van der Waals surface area contributed by atoms with Crippen molar-refractivity contribution in [2.75, 3.05) is 7.11 Å². The van der Waals surface area contributed by atoms with Gasteiger partial charge in [0.2, 0.25) is 5.82 Å². The largest absolute Gasteiger partial charge is 0.379 e. The van der Waals surface area contributed by atoms with Crippen molar-refractivity contribution >= 4 is 0 Å².